The molecule has 0 aliphatic heterocycles. The molecule has 0 bridgehead atoms. The summed E-state index contributed by atoms with van der Waals surface area (Å²) < 4.78 is 5.72. The first-order valence-corrected chi connectivity index (χ1v) is 7.88. The number of benzene rings is 2. The molecule has 0 heterocycles. The Bertz CT molecular complexity index is 685. The van der Waals surface area contributed by atoms with Crippen LogP contribution in [0, 0.1) is 0 Å². The van der Waals surface area contributed by atoms with Crippen LogP contribution in [0.3, 0.4) is 0 Å². The van der Waals surface area contributed by atoms with Gasteiger partial charge in [-0.3, -0.25) is 9.59 Å². The summed E-state index contributed by atoms with van der Waals surface area (Å²) >= 11 is 0. The van der Waals surface area contributed by atoms with Crippen molar-refractivity contribution in [1.82, 2.24) is 4.90 Å². The lowest BCUT2D eigenvalue weighted by molar-refractivity contribution is -0.137. The summed E-state index contributed by atoms with van der Waals surface area (Å²) in [4.78, 5) is 24.8. The van der Waals surface area contributed by atoms with Gasteiger partial charge in [-0.1, -0.05) is 43.3 Å². The minimum Gasteiger partial charge on any atom is -0.489 e. The maximum absolute atomic E-state index is 12.5. The fourth-order valence-corrected chi connectivity index (χ4v) is 2.33. The maximum Gasteiger partial charge on any atom is 0.323 e. The number of carboxylic acids is 1. The van der Waals surface area contributed by atoms with Crippen molar-refractivity contribution in [2.45, 2.75) is 20.0 Å². The molecule has 0 aliphatic carbocycles. The maximum atomic E-state index is 12.5. The highest BCUT2D eigenvalue weighted by atomic mass is 16.5. The number of hydrogen-bond donors (Lipinski definition) is 1. The van der Waals surface area contributed by atoms with Gasteiger partial charge in [-0.05, 0) is 30.2 Å². The predicted molar refractivity (Wildman–Crippen MR) is 91.0 cm³/mol. The van der Waals surface area contributed by atoms with E-state index in [0.717, 1.165) is 5.56 Å². The van der Waals surface area contributed by atoms with E-state index in [0.29, 0.717) is 30.9 Å². The van der Waals surface area contributed by atoms with E-state index in [9.17, 15) is 9.59 Å². The van der Waals surface area contributed by atoms with Crippen LogP contribution in [0.4, 0.5) is 0 Å². The summed E-state index contributed by atoms with van der Waals surface area (Å²) in [7, 11) is 0. The lowest BCUT2D eigenvalue weighted by Crippen LogP contribution is -2.36. The Hall–Kier alpha value is -2.82. The summed E-state index contributed by atoms with van der Waals surface area (Å²) in [5.74, 6) is -0.742. The summed E-state index contributed by atoms with van der Waals surface area (Å²) in [5, 5.41) is 8.95. The number of amides is 1. The molecule has 5 nitrogen and oxygen atoms in total. The molecule has 0 spiro atoms. The predicted octanol–water partition coefficient (Wildman–Crippen LogP) is 3.20. The Kier molecular flexibility index (Phi) is 6.37. The van der Waals surface area contributed by atoms with Gasteiger partial charge in [0.05, 0.1) is 0 Å². The molecule has 2 rings (SSSR count). The molecule has 0 saturated carbocycles. The van der Waals surface area contributed by atoms with E-state index in [-0.39, 0.29) is 12.5 Å². The minimum absolute atomic E-state index is 0.301. The van der Waals surface area contributed by atoms with Crippen LogP contribution in [0.5, 0.6) is 5.75 Å². The SMILES string of the molecule is CCCN(CC(=O)O)C(=O)c1cccc(OCc2ccccc2)c1. The standard InChI is InChI=1S/C19H21NO4/c1-2-11-20(13-18(21)22)19(23)16-9-6-10-17(12-16)24-14-15-7-4-3-5-8-15/h3-10,12H,2,11,13-14H2,1H3,(H,21,22). The number of nitrogens with zero attached hydrogens (tertiary/aromatic N) is 1. The Morgan fingerprint density at radius 1 is 1.08 bits per heavy atom. The molecule has 126 valence electrons. The summed E-state index contributed by atoms with van der Waals surface area (Å²) in [6.07, 6.45) is 0.698. The first kappa shape index (κ1) is 17.5. The fourth-order valence-electron chi connectivity index (χ4n) is 2.33. The number of aliphatic carboxylic acids is 1. The van der Waals surface area contributed by atoms with Crippen molar-refractivity contribution < 1.29 is 19.4 Å². The molecule has 24 heavy (non-hydrogen) atoms. The van der Waals surface area contributed by atoms with Crippen LogP contribution in [-0.4, -0.2) is 35.0 Å². The largest absolute Gasteiger partial charge is 0.489 e. The highest BCUT2D eigenvalue weighted by Crippen LogP contribution is 2.17. The Balaban J connectivity index is 2.07. The van der Waals surface area contributed by atoms with E-state index in [4.69, 9.17) is 9.84 Å². The van der Waals surface area contributed by atoms with E-state index in [1.807, 2.05) is 37.3 Å². The second kappa shape index (κ2) is 8.72. The quantitative estimate of drug-likeness (QED) is 0.808. The van der Waals surface area contributed by atoms with Crippen molar-refractivity contribution in [2.75, 3.05) is 13.1 Å². The van der Waals surface area contributed by atoms with Gasteiger partial charge in [-0.2, -0.15) is 0 Å². The van der Waals surface area contributed by atoms with E-state index >= 15 is 0 Å². The van der Waals surface area contributed by atoms with Crippen molar-refractivity contribution in [3.05, 3.63) is 65.7 Å². The zero-order valence-electron chi connectivity index (χ0n) is 13.6. The number of carbonyl (C=O) groups excluding carboxylic acids is 1. The van der Waals surface area contributed by atoms with Gasteiger partial charge in [0.25, 0.3) is 5.91 Å². The molecule has 0 radical (unpaired) electrons. The van der Waals surface area contributed by atoms with E-state index in [2.05, 4.69) is 0 Å². The van der Waals surface area contributed by atoms with Gasteiger partial charge < -0.3 is 14.7 Å². The van der Waals surface area contributed by atoms with E-state index in [1.165, 1.54) is 4.90 Å². The second-order valence-electron chi connectivity index (χ2n) is 5.42. The van der Waals surface area contributed by atoms with Gasteiger partial charge in [0.1, 0.15) is 18.9 Å². The highest BCUT2D eigenvalue weighted by Gasteiger charge is 2.18. The molecule has 0 aromatic heterocycles. The fraction of sp³-hybridized carbons (Fsp3) is 0.263. The molecular weight excluding hydrogens is 306 g/mol. The molecule has 0 atom stereocenters. The van der Waals surface area contributed by atoms with Gasteiger partial charge in [0.15, 0.2) is 0 Å². The second-order valence-corrected chi connectivity index (χ2v) is 5.42. The van der Waals surface area contributed by atoms with Gasteiger partial charge in [0, 0.05) is 12.1 Å². The number of hydrogen-bond acceptors (Lipinski definition) is 3. The average molecular weight is 327 g/mol. The molecule has 1 N–H and O–H groups in total. The van der Waals surface area contributed by atoms with Crippen molar-refractivity contribution in [3.63, 3.8) is 0 Å². The molecule has 0 unspecified atom stereocenters. The van der Waals surface area contributed by atoms with Gasteiger partial charge in [-0.15, -0.1) is 0 Å². The van der Waals surface area contributed by atoms with Crippen LogP contribution in [0.2, 0.25) is 0 Å². The van der Waals surface area contributed by atoms with Crippen LogP contribution in [0.1, 0.15) is 29.3 Å². The Labute approximate surface area is 141 Å². The van der Waals surface area contributed by atoms with Gasteiger partial charge >= 0.3 is 5.97 Å². The third-order valence-electron chi connectivity index (χ3n) is 3.44. The first-order chi connectivity index (χ1) is 11.6. The zero-order valence-corrected chi connectivity index (χ0v) is 13.6. The van der Waals surface area contributed by atoms with E-state index < -0.39 is 5.97 Å². The molecule has 2 aromatic rings. The molecule has 0 fully saturated rings. The monoisotopic (exact) mass is 327 g/mol. The highest BCUT2D eigenvalue weighted by molar-refractivity contribution is 5.96. The molecule has 5 heteroatoms. The first-order valence-electron chi connectivity index (χ1n) is 7.88. The third-order valence-corrected chi connectivity index (χ3v) is 3.44. The smallest absolute Gasteiger partial charge is 0.323 e. The third kappa shape index (κ3) is 5.12. The van der Waals surface area contributed by atoms with Crippen LogP contribution < -0.4 is 4.74 Å². The number of carbonyl (C=O) groups is 2. The lowest BCUT2D eigenvalue weighted by atomic mass is 10.1. The van der Waals surface area contributed by atoms with Crippen molar-refractivity contribution in [1.29, 1.82) is 0 Å². The number of ether oxygens (including phenoxy) is 1. The van der Waals surface area contributed by atoms with Crippen molar-refractivity contribution in [2.24, 2.45) is 0 Å². The summed E-state index contributed by atoms with van der Waals surface area (Å²) in [5.41, 5.74) is 1.46. The van der Waals surface area contributed by atoms with Crippen molar-refractivity contribution >= 4 is 11.9 Å². The zero-order chi connectivity index (χ0) is 17.4. The average Bonchev–Trinajstić information content (AvgIpc) is 2.60. The van der Waals surface area contributed by atoms with Gasteiger partial charge in [-0.25, -0.2) is 0 Å². The molecule has 0 saturated heterocycles. The number of rotatable bonds is 8. The van der Waals surface area contributed by atoms with Gasteiger partial charge in [0.2, 0.25) is 0 Å². The molecule has 2 aromatic carbocycles. The minimum atomic E-state index is -1.02. The molecule has 0 aliphatic rings. The molecule has 1 amide bonds. The van der Waals surface area contributed by atoms with Crippen LogP contribution in [0.15, 0.2) is 54.6 Å². The van der Waals surface area contributed by atoms with Crippen LogP contribution in [-0.2, 0) is 11.4 Å². The lowest BCUT2D eigenvalue weighted by Gasteiger charge is -2.20. The Morgan fingerprint density at radius 3 is 2.50 bits per heavy atom. The molecular formula is C19H21NO4. The van der Waals surface area contributed by atoms with E-state index in [1.54, 1.807) is 24.3 Å². The number of carboxylic acid groups (broad SMARTS) is 1. The summed E-state index contributed by atoms with van der Waals surface area (Å²) in [6.45, 7) is 2.41. The topological polar surface area (TPSA) is 66.8 Å². The van der Waals surface area contributed by atoms with Crippen molar-refractivity contribution in [3.8, 4) is 5.75 Å². The Morgan fingerprint density at radius 2 is 1.83 bits per heavy atom. The summed E-state index contributed by atoms with van der Waals surface area (Å²) in [6, 6.07) is 16.6. The van der Waals surface area contributed by atoms with Crippen LogP contribution in [0.25, 0.3) is 0 Å². The normalized spacial score (nSPS) is 10.2. The van der Waals surface area contributed by atoms with Crippen LogP contribution >= 0.6 is 0 Å².